The highest BCUT2D eigenvalue weighted by atomic mass is 35.5. The highest BCUT2D eigenvalue weighted by Gasteiger charge is 2.31. The number of alkyl halides is 3. The maximum absolute atomic E-state index is 13.1. The van der Waals surface area contributed by atoms with Crippen LogP contribution in [0.4, 0.5) is 19.0 Å². The maximum atomic E-state index is 13.1. The van der Waals surface area contributed by atoms with E-state index in [1.807, 2.05) is 0 Å². The van der Waals surface area contributed by atoms with E-state index in [9.17, 15) is 21.6 Å². The molecule has 0 spiro atoms. The largest absolute Gasteiger partial charge is 0.496 e. The SMILES string of the molecule is COc1cc(C(F)(F)F)ccc1-c1cncc2cc(S(=O)(=O)Nc3ccncn3)ccc12.Cl. The van der Waals surface area contributed by atoms with Crippen molar-refractivity contribution in [2.45, 2.75) is 11.1 Å². The number of nitrogens with one attached hydrogen (secondary N) is 1. The van der Waals surface area contributed by atoms with Gasteiger partial charge in [-0.1, -0.05) is 6.07 Å². The molecule has 1 N–H and O–H groups in total. The molecule has 0 unspecified atom stereocenters. The molecule has 0 saturated carbocycles. The molecule has 172 valence electrons. The minimum atomic E-state index is -4.51. The minimum Gasteiger partial charge on any atom is -0.496 e. The van der Waals surface area contributed by atoms with E-state index in [4.69, 9.17) is 4.74 Å². The molecule has 2 aromatic heterocycles. The summed E-state index contributed by atoms with van der Waals surface area (Å²) < 4.78 is 72.2. The van der Waals surface area contributed by atoms with Gasteiger partial charge in [0.1, 0.15) is 17.9 Å². The fraction of sp³-hybridized carbons (Fsp3) is 0.0952. The number of halogens is 4. The first-order chi connectivity index (χ1) is 15.2. The lowest BCUT2D eigenvalue weighted by atomic mass is 9.99. The van der Waals surface area contributed by atoms with E-state index in [0.717, 1.165) is 12.1 Å². The second kappa shape index (κ2) is 9.20. The van der Waals surface area contributed by atoms with Crippen molar-refractivity contribution in [3.05, 3.63) is 72.9 Å². The zero-order valence-corrected chi connectivity index (χ0v) is 18.5. The Morgan fingerprint density at radius 1 is 0.970 bits per heavy atom. The highest BCUT2D eigenvalue weighted by molar-refractivity contribution is 7.92. The van der Waals surface area contributed by atoms with E-state index >= 15 is 0 Å². The van der Waals surface area contributed by atoms with Crippen LogP contribution in [0.2, 0.25) is 0 Å². The first-order valence-electron chi connectivity index (χ1n) is 9.11. The first-order valence-corrected chi connectivity index (χ1v) is 10.6. The van der Waals surface area contributed by atoms with E-state index in [1.54, 1.807) is 6.07 Å². The fourth-order valence-electron chi connectivity index (χ4n) is 3.17. The molecule has 0 fully saturated rings. The van der Waals surface area contributed by atoms with Crippen LogP contribution in [0.5, 0.6) is 5.75 Å². The van der Waals surface area contributed by atoms with Gasteiger partial charge in [-0.3, -0.25) is 9.71 Å². The molecule has 33 heavy (non-hydrogen) atoms. The second-order valence-corrected chi connectivity index (χ2v) is 8.37. The van der Waals surface area contributed by atoms with Gasteiger partial charge < -0.3 is 4.74 Å². The van der Waals surface area contributed by atoms with E-state index in [2.05, 4.69) is 19.7 Å². The van der Waals surface area contributed by atoms with Crippen LogP contribution < -0.4 is 9.46 Å². The summed E-state index contributed by atoms with van der Waals surface area (Å²) in [5.74, 6) is 0.137. The molecule has 0 aliphatic carbocycles. The summed E-state index contributed by atoms with van der Waals surface area (Å²) in [5, 5.41) is 1.08. The number of hydrogen-bond donors (Lipinski definition) is 1. The fourth-order valence-corrected chi connectivity index (χ4v) is 4.22. The van der Waals surface area contributed by atoms with Gasteiger partial charge in [0.25, 0.3) is 10.0 Å². The van der Waals surface area contributed by atoms with Crippen molar-refractivity contribution in [1.29, 1.82) is 0 Å². The molecule has 4 aromatic rings. The molecule has 7 nitrogen and oxygen atoms in total. The topological polar surface area (TPSA) is 94.1 Å². The first kappa shape index (κ1) is 24.2. The number of nitrogens with zero attached hydrogens (tertiary/aromatic N) is 3. The number of sulfonamides is 1. The van der Waals surface area contributed by atoms with Gasteiger partial charge in [0.05, 0.1) is 17.6 Å². The van der Waals surface area contributed by atoms with Crippen LogP contribution in [0.1, 0.15) is 5.56 Å². The molecule has 0 radical (unpaired) electrons. The van der Waals surface area contributed by atoms with Crippen LogP contribution in [-0.4, -0.2) is 30.5 Å². The third kappa shape index (κ3) is 4.99. The van der Waals surface area contributed by atoms with Crippen molar-refractivity contribution in [3.8, 4) is 16.9 Å². The Labute approximate surface area is 193 Å². The van der Waals surface area contributed by atoms with Crippen molar-refractivity contribution in [2.75, 3.05) is 11.8 Å². The van der Waals surface area contributed by atoms with Crippen molar-refractivity contribution in [1.82, 2.24) is 15.0 Å². The van der Waals surface area contributed by atoms with Crippen LogP contribution in [0.3, 0.4) is 0 Å². The normalized spacial score (nSPS) is 11.6. The molecule has 4 rings (SSSR count). The number of anilines is 1. The van der Waals surface area contributed by atoms with E-state index in [1.165, 1.54) is 56.3 Å². The molecular formula is C21H16ClF3N4O3S. The maximum Gasteiger partial charge on any atom is 0.416 e. The van der Waals surface area contributed by atoms with E-state index in [0.29, 0.717) is 21.9 Å². The Morgan fingerprint density at radius 3 is 2.42 bits per heavy atom. The lowest BCUT2D eigenvalue weighted by Gasteiger charge is -2.14. The number of fused-ring (bicyclic) bond motifs is 1. The number of rotatable bonds is 5. The summed E-state index contributed by atoms with van der Waals surface area (Å²) in [6.45, 7) is 0. The number of benzene rings is 2. The highest BCUT2D eigenvalue weighted by Crippen LogP contribution is 2.39. The third-order valence-corrected chi connectivity index (χ3v) is 6.03. The molecule has 0 amide bonds. The van der Waals surface area contributed by atoms with Gasteiger partial charge in [0.2, 0.25) is 0 Å². The zero-order chi connectivity index (χ0) is 22.9. The summed E-state index contributed by atoms with van der Waals surface area (Å²) >= 11 is 0. The molecule has 0 bridgehead atoms. The van der Waals surface area contributed by atoms with Crippen molar-refractivity contribution >= 4 is 39.0 Å². The zero-order valence-electron chi connectivity index (χ0n) is 16.9. The van der Waals surface area contributed by atoms with Gasteiger partial charge in [0, 0.05) is 35.1 Å². The van der Waals surface area contributed by atoms with Gasteiger partial charge in [-0.2, -0.15) is 13.2 Å². The number of pyridine rings is 1. The summed E-state index contributed by atoms with van der Waals surface area (Å²) in [6.07, 6.45) is 1.06. The number of hydrogen-bond acceptors (Lipinski definition) is 6. The van der Waals surface area contributed by atoms with Crippen LogP contribution in [0.25, 0.3) is 21.9 Å². The lowest BCUT2D eigenvalue weighted by molar-refractivity contribution is -0.137. The number of ether oxygens (including phenoxy) is 1. The summed E-state index contributed by atoms with van der Waals surface area (Å²) in [7, 11) is -2.66. The van der Waals surface area contributed by atoms with Crippen LogP contribution in [0, 0.1) is 0 Å². The molecule has 0 saturated heterocycles. The Bertz CT molecular complexity index is 1400. The lowest BCUT2D eigenvalue weighted by Crippen LogP contribution is -2.13. The van der Waals surface area contributed by atoms with E-state index in [-0.39, 0.29) is 28.9 Å². The van der Waals surface area contributed by atoms with Crippen molar-refractivity contribution in [2.24, 2.45) is 0 Å². The van der Waals surface area contributed by atoms with Crippen molar-refractivity contribution in [3.63, 3.8) is 0 Å². The van der Waals surface area contributed by atoms with Gasteiger partial charge in [0.15, 0.2) is 0 Å². The predicted molar refractivity (Wildman–Crippen MR) is 119 cm³/mol. The molecule has 0 atom stereocenters. The standard InChI is InChI=1S/C21H15F3N4O3S.ClH/c1-31-19-9-14(21(22,23)24)2-4-17(19)18-11-26-10-13-8-15(3-5-16(13)18)32(29,30)28-20-6-7-25-12-27-20;/h2-12H,1H3,(H,25,27,28);1H. The molecule has 2 heterocycles. The summed E-state index contributed by atoms with van der Waals surface area (Å²) in [6, 6.07) is 8.98. The van der Waals surface area contributed by atoms with Crippen LogP contribution in [0.15, 0.2) is 72.3 Å². The van der Waals surface area contributed by atoms with Crippen LogP contribution >= 0.6 is 12.4 Å². The minimum absolute atomic E-state index is 0. The van der Waals surface area contributed by atoms with Gasteiger partial charge in [-0.05, 0) is 41.8 Å². The average Bonchev–Trinajstić information content (AvgIpc) is 2.77. The molecule has 0 aliphatic heterocycles. The molecular weight excluding hydrogens is 481 g/mol. The Balaban J connectivity index is 0.00000306. The number of methoxy groups -OCH3 is 1. The average molecular weight is 497 g/mol. The molecule has 2 aromatic carbocycles. The second-order valence-electron chi connectivity index (χ2n) is 6.68. The Morgan fingerprint density at radius 2 is 1.76 bits per heavy atom. The predicted octanol–water partition coefficient (Wildman–Crippen LogP) is 4.94. The molecule has 12 heteroatoms. The van der Waals surface area contributed by atoms with Gasteiger partial charge >= 0.3 is 6.18 Å². The quantitative estimate of drug-likeness (QED) is 0.420. The summed E-state index contributed by atoms with van der Waals surface area (Å²) in [4.78, 5) is 11.7. The third-order valence-electron chi connectivity index (χ3n) is 4.68. The Kier molecular flexibility index (Phi) is 6.75. The Hall–Kier alpha value is -3.44. The van der Waals surface area contributed by atoms with Crippen LogP contribution in [-0.2, 0) is 16.2 Å². The molecule has 0 aliphatic rings. The van der Waals surface area contributed by atoms with Gasteiger partial charge in [-0.15, -0.1) is 12.4 Å². The smallest absolute Gasteiger partial charge is 0.416 e. The summed E-state index contributed by atoms with van der Waals surface area (Å²) in [5.41, 5.74) is 0.0598. The number of aromatic nitrogens is 3. The van der Waals surface area contributed by atoms with Gasteiger partial charge in [-0.25, -0.2) is 18.4 Å². The monoisotopic (exact) mass is 496 g/mol. The van der Waals surface area contributed by atoms with E-state index < -0.39 is 21.8 Å². The van der Waals surface area contributed by atoms with Crippen molar-refractivity contribution < 1.29 is 26.3 Å².